The van der Waals surface area contributed by atoms with Gasteiger partial charge in [0.25, 0.3) is 5.91 Å². The number of hydrogen-bond donors (Lipinski definition) is 1. The van der Waals surface area contributed by atoms with Crippen LogP contribution in [0.3, 0.4) is 0 Å². The van der Waals surface area contributed by atoms with E-state index in [9.17, 15) is 9.59 Å². The SMILES string of the molecule is C=CCOC(=O)[C@H](CNC(=O)c1ccccc1)CC(C)C. The molecular weight excluding hydrogens is 266 g/mol. The Morgan fingerprint density at radius 2 is 1.95 bits per heavy atom. The first kappa shape index (κ1) is 17.0. The Labute approximate surface area is 126 Å². The molecule has 0 bridgehead atoms. The van der Waals surface area contributed by atoms with Gasteiger partial charge in [-0.15, -0.1) is 0 Å². The summed E-state index contributed by atoms with van der Waals surface area (Å²) in [5.41, 5.74) is 0.584. The van der Waals surface area contributed by atoms with E-state index in [0.29, 0.717) is 17.9 Å². The third-order valence-corrected chi connectivity index (χ3v) is 2.98. The predicted octanol–water partition coefficient (Wildman–Crippen LogP) is 2.81. The number of amides is 1. The molecule has 0 saturated heterocycles. The lowest BCUT2D eigenvalue weighted by molar-refractivity contribution is -0.147. The zero-order chi connectivity index (χ0) is 15.7. The topological polar surface area (TPSA) is 55.4 Å². The summed E-state index contributed by atoms with van der Waals surface area (Å²) in [4.78, 5) is 24.0. The highest BCUT2D eigenvalue weighted by atomic mass is 16.5. The normalized spacial score (nSPS) is 11.8. The van der Waals surface area contributed by atoms with Crippen molar-refractivity contribution in [3.05, 3.63) is 48.6 Å². The molecule has 0 aromatic heterocycles. The van der Waals surface area contributed by atoms with Gasteiger partial charge in [-0.25, -0.2) is 0 Å². The summed E-state index contributed by atoms with van der Waals surface area (Å²) in [7, 11) is 0. The molecular formula is C17H23NO3. The molecule has 0 aliphatic heterocycles. The monoisotopic (exact) mass is 289 g/mol. The molecule has 0 aliphatic rings. The molecule has 0 saturated carbocycles. The van der Waals surface area contributed by atoms with Crippen molar-refractivity contribution in [2.24, 2.45) is 11.8 Å². The maximum atomic E-state index is 12.0. The van der Waals surface area contributed by atoms with E-state index in [1.807, 2.05) is 19.9 Å². The lowest BCUT2D eigenvalue weighted by Crippen LogP contribution is -2.34. The number of esters is 1. The van der Waals surface area contributed by atoms with Crippen molar-refractivity contribution in [3.8, 4) is 0 Å². The van der Waals surface area contributed by atoms with Gasteiger partial charge >= 0.3 is 5.97 Å². The van der Waals surface area contributed by atoms with Crippen molar-refractivity contribution in [3.63, 3.8) is 0 Å². The highest BCUT2D eigenvalue weighted by molar-refractivity contribution is 5.94. The molecule has 0 fully saturated rings. The van der Waals surface area contributed by atoms with Gasteiger partial charge in [-0.05, 0) is 24.5 Å². The van der Waals surface area contributed by atoms with Crippen LogP contribution in [0.25, 0.3) is 0 Å². The smallest absolute Gasteiger partial charge is 0.311 e. The van der Waals surface area contributed by atoms with E-state index in [4.69, 9.17) is 4.74 Å². The fourth-order valence-electron chi connectivity index (χ4n) is 2.00. The Kier molecular flexibility index (Phi) is 7.23. The first-order valence-corrected chi connectivity index (χ1v) is 7.15. The van der Waals surface area contributed by atoms with Crippen molar-refractivity contribution in [1.82, 2.24) is 5.32 Å². The molecule has 1 aromatic carbocycles. The largest absolute Gasteiger partial charge is 0.461 e. The van der Waals surface area contributed by atoms with Crippen LogP contribution in [0.15, 0.2) is 43.0 Å². The zero-order valence-corrected chi connectivity index (χ0v) is 12.7. The first-order chi connectivity index (χ1) is 10.0. The second-order valence-electron chi connectivity index (χ2n) is 5.32. The number of benzene rings is 1. The van der Waals surface area contributed by atoms with E-state index in [1.54, 1.807) is 24.3 Å². The minimum atomic E-state index is -0.336. The molecule has 0 unspecified atom stereocenters. The molecule has 21 heavy (non-hydrogen) atoms. The fraction of sp³-hybridized carbons (Fsp3) is 0.412. The zero-order valence-electron chi connectivity index (χ0n) is 12.7. The second kappa shape index (κ2) is 8.95. The van der Waals surface area contributed by atoms with Crippen LogP contribution in [0.2, 0.25) is 0 Å². The summed E-state index contributed by atoms with van der Waals surface area (Å²) in [6.45, 7) is 8.06. The maximum Gasteiger partial charge on any atom is 0.311 e. The van der Waals surface area contributed by atoms with Gasteiger partial charge in [0.05, 0.1) is 5.92 Å². The van der Waals surface area contributed by atoms with Crippen molar-refractivity contribution in [2.45, 2.75) is 20.3 Å². The van der Waals surface area contributed by atoms with Gasteiger partial charge < -0.3 is 10.1 Å². The van der Waals surface area contributed by atoms with E-state index in [0.717, 1.165) is 0 Å². The van der Waals surface area contributed by atoms with Gasteiger partial charge in [0.2, 0.25) is 0 Å². The van der Waals surface area contributed by atoms with Gasteiger partial charge in [0.1, 0.15) is 6.61 Å². The van der Waals surface area contributed by atoms with Gasteiger partial charge in [0, 0.05) is 12.1 Å². The fourth-order valence-corrected chi connectivity index (χ4v) is 2.00. The molecule has 1 rings (SSSR count). The van der Waals surface area contributed by atoms with E-state index >= 15 is 0 Å². The Morgan fingerprint density at radius 1 is 1.29 bits per heavy atom. The molecule has 0 radical (unpaired) electrons. The van der Waals surface area contributed by atoms with Crippen LogP contribution >= 0.6 is 0 Å². The molecule has 0 spiro atoms. The second-order valence-corrected chi connectivity index (χ2v) is 5.32. The van der Waals surface area contributed by atoms with Crippen LogP contribution in [-0.2, 0) is 9.53 Å². The minimum Gasteiger partial charge on any atom is -0.461 e. The van der Waals surface area contributed by atoms with Crippen molar-refractivity contribution in [1.29, 1.82) is 0 Å². The van der Waals surface area contributed by atoms with Gasteiger partial charge in [0.15, 0.2) is 0 Å². The molecule has 4 heteroatoms. The van der Waals surface area contributed by atoms with Crippen LogP contribution < -0.4 is 5.32 Å². The third-order valence-electron chi connectivity index (χ3n) is 2.98. The average molecular weight is 289 g/mol. The van der Waals surface area contributed by atoms with E-state index in [2.05, 4.69) is 11.9 Å². The Bertz CT molecular complexity index is 468. The number of nitrogens with one attached hydrogen (secondary N) is 1. The third kappa shape index (κ3) is 6.25. The Hall–Kier alpha value is -2.10. The molecule has 1 amide bonds. The number of rotatable bonds is 8. The average Bonchev–Trinajstić information content (AvgIpc) is 2.49. The predicted molar refractivity (Wildman–Crippen MR) is 82.9 cm³/mol. The van der Waals surface area contributed by atoms with Crippen LogP contribution in [0.4, 0.5) is 0 Å². The summed E-state index contributed by atoms with van der Waals surface area (Å²) in [6, 6.07) is 8.94. The molecule has 4 nitrogen and oxygen atoms in total. The number of carbonyl (C=O) groups is 2. The van der Waals surface area contributed by atoms with E-state index < -0.39 is 0 Å². The summed E-state index contributed by atoms with van der Waals surface area (Å²) in [5, 5.41) is 2.80. The Morgan fingerprint density at radius 3 is 2.52 bits per heavy atom. The quantitative estimate of drug-likeness (QED) is 0.591. The van der Waals surface area contributed by atoms with Crippen LogP contribution in [0, 0.1) is 11.8 Å². The lowest BCUT2D eigenvalue weighted by atomic mass is 9.97. The molecule has 114 valence electrons. The summed E-state index contributed by atoms with van der Waals surface area (Å²) < 4.78 is 5.08. The standard InChI is InChI=1S/C17H23NO3/c1-4-10-21-17(20)15(11-13(2)3)12-18-16(19)14-8-6-5-7-9-14/h4-9,13,15H,1,10-12H2,2-3H3,(H,18,19)/t15-/m0/s1. The summed E-state index contributed by atoms with van der Waals surface area (Å²) >= 11 is 0. The Balaban J connectivity index is 2.58. The number of ether oxygens (including phenoxy) is 1. The highest BCUT2D eigenvalue weighted by Gasteiger charge is 2.22. The van der Waals surface area contributed by atoms with E-state index in [-0.39, 0.29) is 30.9 Å². The summed E-state index contributed by atoms with van der Waals surface area (Å²) in [6.07, 6.45) is 2.21. The van der Waals surface area contributed by atoms with E-state index in [1.165, 1.54) is 6.08 Å². The van der Waals surface area contributed by atoms with Crippen molar-refractivity contribution < 1.29 is 14.3 Å². The molecule has 1 atom stereocenters. The molecule has 0 aliphatic carbocycles. The van der Waals surface area contributed by atoms with Gasteiger partial charge in [-0.1, -0.05) is 44.7 Å². The molecule has 0 heterocycles. The van der Waals surface area contributed by atoms with Gasteiger partial charge in [-0.3, -0.25) is 9.59 Å². The van der Waals surface area contributed by atoms with Crippen molar-refractivity contribution >= 4 is 11.9 Å². The minimum absolute atomic E-state index is 0.180. The lowest BCUT2D eigenvalue weighted by Gasteiger charge is -2.18. The van der Waals surface area contributed by atoms with Crippen LogP contribution in [-0.4, -0.2) is 25.0 Å². The van der Waals surface area contributed by atoms with Gasteiger partial charge in [-0.2, -0.15) is 0 Å². The summed E-state index contributed by atoms with van der Waals surface area (Å²) in [5.74, 6) is -0.463. The van der Waals surface area contributed by atoms with Crippen LogP contribution in [0.1, 0.15) is 30.6 Å². The molecule has 1 aromatic rings. The highest BCUT2D eigenvalue weighted by Crippen LogP contribution is 2.13. The van der Waals surface area contributed by atoms with Crippen molar-refractivity contribution in [2.75, 3.05) is 13.2 Å². The van der Waals surface area contributed by atoms with Crippen LogP contribution in [0.5, 0.6) is 0 Å². The number of hydrogen-bond acceptors (Lipinski definition) is 3. The first-order valence-electron chi connectivity index (χ1n) is 7.15. The molecule has 1 N–H and O–H groups in total. The maximum absolute atomic E-state index is 12.0. The number of carbonyl (C=O) groups excluding carboxylic acids is 2.